The average Bonchev–Trinajstić information content (AvgIpc) is 2.39. The van der Waals surface area contributed by atoms with Crippen molar-refractivity contribution in [1.29, 1.82) is 0 Å². The molecule has 0 spiro atoms. The zero-order valence-corrected chi connectivity index (χ0v) is 13.0. The van der Waals surface area contributed by atoms with Crippen LogP contribution in [-0.2, 0) is 4.79 Å². The third-order valence-electron chi connectivity index (χ3n) is 2.38. The molecule has 0 unspecified atom stereocenters. The predicted octanol–water partition coefficient (Wildman–Crippen LogP) is 2.75. The molecule has 1 aromatic carbocycles. The molecule has 0 aliphatic rings. The van der Waals surface area contributed by atoms with Crippen LogP contribution in [0.5, 0.6) is 0 Å². The van der Waals surface area contributed by atoms with Crippen molar-refractivity contribution in [3.63, 3.8) is 0 Å². The summed E-state index contributed by atoms with van der Waals surface area (Å²) in [5, 5.41) is 5.80. The molecule has 0 aliphatic heterocycles. The van der Waals surface area contributed by atoms with Crippen LogP contribution in [0.4, 0.5) is 0 Å². The molecule has 19 heavy (non-hydrogen) atoms. The quantitative estimate of drug-likeness (QED) is 0.831. The van der Waals surface area contributed by atoms with E-state index in [2.05, 4.69) is 26.6 Å². The number of carbonyl (C=O) groups is 2. The van der Waals surface area contributed by atoms with Gasteiger partial charge in [0.2, 0.25) is 5.91 Å². The van der Waals surface area contributed by atoms with Crippen LogP contribution in [-0.4, -0.2) is 24.9 Å². The van der Waals surface area contributed by atoms with Crippen LogP contribution in [0.15, 0.2) is 22.7 Å². The number of halogens is 2. The van der Waals surface area contributed by atoms with E-state index in [1.54, 1.807) is 18.2 Å². The molecule has 6 heteroatoms. The number of rotatable bonds is 6. The molecule has 1 aromatic rings. The first-order chi connectivity index (χ1) is 9.04. The van der Waals surface area contributed by atoms with Crippen molar-refractivity contribution in [1.82, 2.24) is 10.6 Å². The number of carbonyl (C=O) groups excluding carboxylic acids is 2. The SMILES string of the molecule is CCCNC(=O)CCNC(=O)c1cc(Br)ccc1Cl. The maximum atomic E-state index is 11.9. The third-order valence-corrected chi connectivity index (χ3v) is 3.21. The Hall–Kier alpha value is -1.07. The van der Waals surface area contributed by atoms with E-state index in [4.69, 9.17) is 11.6 Å². The van der Waals surface area contributed by atoms with Crippen LogP contribution < -0.4 is 10.6 Å². The van der Waals surface area contributed by atoms with Gasteiger partial charge in [0, 0.05) is 24.0 Å². The Morgan fingerprint density at radius 2 is 2.00 bits per heavy atom. The first-order valence-electron chi connectivity index (χ1n) is 6.04. The molecular formula is C13H16BrClN2O2. The Bertz CT molecular complexity index is 466. The number of amides is 2. The highest BCUT2D eigenvalue weighted by atomic mass is 79.9. The lowest BCUT2D eigenvalue weighted by Gasteiger charge is -2.07. The number of hydrogen-bond acceptors (Lipinski definition) is 2. The maximum Gasteiger partial charge on any atom is 0.252 e. The summed E-state index contributed by atoms with van der Waals surface area (Å²) in [6, 6.07) is 5.06. The van der Waals surface area contributed by atoms with E-state index < -0.39 is 0 Å². The highest BCUT2D eigenvalue weighted by molar-refractivity contribution is 9.10. The molecule has 0 atom stereocenters. The van der Waals surface area contributed by atoms with Gasteiger partial charge < -0.3 is 10.6 Å². The molecule has 0 saturated carbocycles. The monoisotopic (exact) mass is 346 g/mol. The summed E-state index contributed by atoms with van der Waals surface area (Å²) in [7, 11) is 0. The lowest BCUT2D eigenvalue weighted by molar-refractivity contribution is -0.120. The second-order valence-corrected chi connectivity index (χ2v) is 5.30. The second kappa shape index (κ2) is 8.17. The van der Waals surface area contributed by atoms with Gasteiger partial charge in [-0.25, -0.2) is 0 Å². The molecule has 104 valence electrons. The zero-order chi connectivity index (χ0) is 14.3. The van der Waals surface area contributed by atoms with Crippen molar-refractivity contribution in [2.24, 2.45) is 0 Å². The fourth-order valence-electron chi connectivity index (χ4n) is 1.41. The zero-order valence-electron chi connectivity index (χ0n) is 10.6. The molecule has 4 nitrogen and oxygen atoms in total. The molecule has 2 amide bonds. The van der Waals surface area contributed by atoms with E-state index >= 15 is 0 Å². The van der Waals surface area contributed by atoms with Gasteiger partial charge in [0.1, 0.15) is 0 Å². The molecule has 0 aliphatic carbocycles. The largest absolute Gasteiger partial charge is 0.356 e. The van der Waals surface area contributed by atoms with Crippen LogP contribution in [0.1, 0.15) is 30.1 Å². The minimum atomic E-state index is -0.283. The highest BCUT2D eigenvalue weighted by Crippen LogP contribution is 2.20. The normalized spacial score (nSPS) is 10.1. The van der Waals surface area contributed by atoms with Crippen LogP contribution >= 0.6 is 27.5 Å². The third kappa shape index (κ3) is 5.61. The molecule has 0 fully saturated rings. The average molecular weight is 348 g/mol. The van der Waals surface area contributed by atoms with Gasteiger partial charge in [0.25, 0.3) is 5.91 Å². The Morgan fingerprint density at radius 3 is 2.68 bits per heavy atom. The maximum absolute atomic E-state index is 11.9. The fourth-order valence-corrected chi connectivity index (χ4v) is 1.97. The summed E-state index contributed by atoms with van der Waals surface area (Å²) in [5.74, 6) is -0.350. The topological polar surface area (TPSA) is 58.2 Å². The van der Waals surface area contributed by atoms with Crippen molar-refractivity contribution < 1.29 is 9.59 Å². The first kappa shape index (κ1) is 16.0. The highest BCUT2D eigenvalue weighted by Gasteiger charge is 2.10. The Labute approximate surface area is 126 Å². The van der Waals surface area contributed by atoms with E-state index in [1.165, 1.54) is 0 Å². The molecule has 0 aromatic heterocycles. The van der Waals surface area contributed by atoms with E-state index in [0.717, 1.165) is 10.9 Å². The molecule has 1 rings (SSSR count). The first-order valence-corrected chi connectivity index (χ1v) is 7.21. The van der Waals surface area contributed by atoms with Gasteiger partial charge in [-0.2, -0.15) is 0 Å². The Morgan fingerprint density at radius 1 is 1.26 bits per heavy atom. The Kier molecular flexibility index (Phi) is 6.87. The molecule has 0 bridgehead atoms. The molecule has 0 saturated heterocycles. The molecule has 0 radical (unpaired) electrons. The van der Waals surface area contributed by atoms with Crippen molar-refractivity contribution >= 4 is 39.3 Å². The Balaban J connectivity index is 2.43. The van der Waals surface area contributed by atoms with Crippen LogP contribution in [0.25, 0.3) is 0 Å². The minimum absolute atomic E-state index is 0.0671. The van der Waals surface area contributed by atoms with Gasteiger partial charge in [-0.15, -0.1) is 0 Å². The number of hydrogen-bond donors (Lipinski definition) is 2. The van der Waals surface area contributed by atoms with Crippen molar-refractivity contribution in [2.75, 3.05) is 13.1 Å². The van der Waals surface area contributed by atoms with Crippen molar-refractivity contribution in [2.45, 2.75) is 19.8 Å². The molecule has 2 N–H and O–H groups in total. The minimum Gasteiger partial charge on any atom is -0.356 e. The summed E-state index contributed by atoms with van der Waals surface area (Å²) < 4.78 is 0.780. The second-order valence-electron chi connectivity index (χ2n) is 3.98. The lowest BCUT2D eigenvalue weighted by Crippen LogP contribution is -2.31. The van der Waals surface area contributed by atoms with Crippen LogP contribution in [0, 0.1) is 0 Å². The van der Waals surface area contributed by atoms with Crippen molar-refractivity contribution in [3.05, 3.63) is 33.3 Å². The van der Waals surface area contributed by atoms with Crippen LogP contribution in [0.2, 0.25) is 5.02 Å². The smallest absolute Gasteiger partial charge is 0.252 e. The van der Waals surface area contributed by atoms with E-state index in [-0.39, 0.29) is 24.8 Å². The van der Waals surface area contributed by atoms with E-state index in [9.17, 15) is 9.59 Å². The summed E-state index contributed by atoms with van der Waals surface area (Å²) in [5.41, 5.74) is 0.394. The number of benzene rings is 1. The standard InChI is InChI=1S/C13H16BrClN2O2/c1-2-6-16-12(18)5-7-17-13(19)10-8-9(14)3-4-11(10)15/h3-4,8H,2,5-7H2,1H3,(H,16,18)(H,17,19). The van der Waals surface area contributed by atoms with E-state index in [0.29, 0.717) is 17.1 Å². The van der Waals surface area contributed by atoms with Gasteiger partial charge in [0.15, 0.2) is 0 Å². The fraction of sp³-hybridized carbons (Fsp3) is 0.385. The van der Waals surface area contributed by atoms with Gasteiger partial charge in [-0.3, -0.25) is 9.59 Å². The van der Waals surface area contributed by atoms with Gasteiger partial charge in [-0.05, 0) is 24.6 Å². The summed E-state index contributed by atoms with van der Waals surface area (Å²) in [4.78, 5) is 23.2. The van der Waals surface area contributed by atoms with Gasteiger partial charge >= 0.3 is 0 Å². The predicted molar refractivity (Wildman–Crippen MR) is 79.4 cm³/mol. The van der Waals surface area contributed by atoms with Crippen molar-refractivity contribution in [3.8, 4) is 0 Å². The molecular weight excluding hydrogens is 332 g/mol. The molecule has 0 heterocycles. The van der Waals surface area contributed by atoms with Gasteiger partial charge in [0.05, 0.1) is 10.6 Å². The van der Waals surface area contributed by atoms with Crippen LogP contribution in [0.3, 0.4) is 0 Å². The number of nitrogens with one attached hydrogen (secondary N) is 2. The summed E-state index contributed by atoms with van der Waals surface area (Å²) >= 11 is 9.22. The lowest BCUT2D eigenvalue weighted by atomic mass is 10.2. The summed E-state index contributed by atoms with van der Waals surface area (Å²) in [6.45, 7) is 2.93. The van der Waals surface area contributed by atoms with E-state index in [1.807, 2.05) is 6.92 Å². The summed E-state index contributed by atoms with van der Waals surface area (Å²) in [6.07, 6.45) is 1.16. The van der Waals surface area contributed by atoms with Gasteiger partial charge in [-0.1, -0.05) is 34.5 Å².